The first-order valence-electron chi connectivity index (χ1n) is 19.5. The summed E-state index contributed by atoms with van der Waals surface area (Å²) in [4.78, 5) is 106. The van der Waals surface area contributed by atoms with E-state index in [1.165, 1.54) is 13.0 Å². The summed E-state index contributed by atoms with van der Waals surface area (Å²) < 4.78 is 28.2. The summed E-state index contributed by atoms with van der Waals surface area (Å²) >= 11 is 0. The molecule has 1 unspecified atom stereocenters. The van der Waals surface area contributed by atoms with Crippen molar-refractivity contribution in [2.75, 3.05) is 19.6 Å². The SMILES string of the molecule is CCCCC(NC(C)=O)C(=O)N[C@H]1CCC(=O)NCC[C@@H](C(N)=O)NC(=O)[C@H](CCCNC(=N)N)NC(=O)[C@@H](Cc2ccc(F)c(F)c2)NC(=O)[C@H](CCCN)NC1=O. The molecule has 8 amide bonds. The van der Waals surface area contributed by atoms with Crippen LogP contribution in [-0.4, -0.2) is 109 Å². The molecular formula is C37H58F2N12O8. The number of hydrogen-bond acceptors (Lipinski definition) is 10. The zero-order valence-corrected chi connectivity index (χ0v) is 33.3. The van der Waals surface area contributed by atoms with Crippen molar-refractivity contribution in [3.8, 4) is 0 Å². The van der Waals surface area contributed by atoms with Crippen LogP contribution in [-0.2, 0) is 44.8 Å². The van der Waals surface area contributed by atoms with Gasteiger partial charge in [0, 0.05) is 32.9 Å². The predicted molar refractivity (Wildman–Crippen MR) is 210 cm³/mol. The number of guanidine groups is 1. The number of primary amides is 1. The Labute approximate surface area is 340 Å². The van der Waals surface area contributed by atoms with E-state index in [2.05, 4.69) is 42.5 Å². The Balaban J connectivity index is 2.62. The lowest BCUT2D eigenvalue weighted by Gasteiger charge is -2.27. The van der Waals surface area contributed by atoms with E-state index in [-0.39, 0.29) is 82.5 Å². The van der Waals surface area contributed by atoms with Gasteiger partial charge in [-0.2, -0.15) is 0 Å². The molecule has 1 fully saturated rings. The molecule has 15 N–H and O–H groups in total. The van der Waals surface area contributed by atoms with Crippen molar-refractivity contribution >= 4 is 53.2 Å². The molecule has 2 rings (SSSR count). The Morgan fingerprint density at radius 1 is 0.864 bits per heavy atom. The van der Waals surface area contributed by atoms with Gasteiger partial charge in [0.05, 0.1) is 0 Å². The quantitative estimate of drug-likeness (QED) is 0.0466. The minimum absolute atomic E-state index is 0.0670. The molecule has 0 aromatic heterocycles. The van der Waals surface area contributed by atoms with E-state index >= 15 is 0 Å². The standard InChI is InChI=1S/C37H58F2N12O8/c1-3-4-7-25(46-20(2)52)32(55)50-28-12-13-30(53)44-17-14-24(31(41)54)47-33(56)27(9-6-16-45-37(42)43)49-36(59)29(19-21-10-11-22(38)23(39)18-21)51-34(57)26(8-5-15-40)48-35(28)58/h10-11,18,24-29H,3-9,12-17,19,40H2,1-2H3,(H2,41,54)(H,44,53)(H,46,52)(H,47,56)(H,48,58)(H,49,59)(H,50,55)(H,51,57)(H4,42,43,45)/t24-,25?,26-,27-,28-,29+/m0/s1. The zero-order chi connectivity index (χ0) is 44.1. The predicted octanol–water partition coefficient (Wildman–Crippen LogP) is -2.59. The number of unbranched alkanes of at least 4 members (excludes halogenated alkanes) is 1. The van der Waals surface area contributed by atoms with Crippen LogP contribution < -0.4 is 59.7 Å². The van der Waals surface area contributed by atoms with Crippen LogP contribution in [0.3, 0.4) is 0 Å². The van der Waals surface area contributed by atoms with E-state index in [1.54, 1.807) is 0 Å². The number of carbonyl (C=O) groups excluding carboxylic acids is 8. The van der Waals surface area contributed by atoms with Crippen LogP contribution in [0.15, 0.2) is 18.2 Å². The molecular weight excluding hydrogens is 778 g/mol. The van der Waals surface area contributed by atoms with Gasteiger partial charge in [-0.3, -0.25) is 43.8 Å². The fraction of sp³-hybridized carbons (Fsp3) is 0.595. The van der Waals surface area contributed by atoms with Gasteiger partial charge in [-0.15, -0.1) is 0 Å². The van der Waals surface area contributed by atoms with Crippen molar-refractivity contribution in [2.24, 2.45) is 17.2 Å². The number of benzene rings is 1. The second-order valence-corrected chi connectivity index (χ2v) is 14.1. The summed E-state index contributed by atoms with van der Waals surface area (Å²) in [7, 11) is 0. The molecule has 1 aliphatic rings. The van der Waals surface area contributed by atoms with Crippen molar-refractivity contribution in [2.45, 2.75) is 121 Å². The lowest BCUT2D eigenvalue weighted by Crippen LogP contribution is -2.60. The molecule has 1 aliphatic heterocycles. The fourth-order valence-electron chi connectivity index (χ4n) is 6.06. The monoisotopic (exact) mass is 836 g/mol. The van der Waals surface area contributed by atoms with Crippen LogP contribution in [0.2, 0.25) is 0 Å². The lowest BCUT2D eigenvalue weighted by molar-refractivity contribution is -0.135. The highest BCUT2D eigenvalue weighted by Crippen LogP contribution is 2.13. The molecule has 1 aromatic rings. The van der Waals surface area contributed by atoms with Crippen LogP contribution in [0.1, 0.15) is 83.6 Å². The van der Waals surface area contributed by atoms with Gasteiger partial charge in [0.25, 0.3) is 0 Å². The van der Waals surface area contributed by atoms with Crippen LogP contribution in [0.4, 0.5) is 8.78 Å². The third kappa shape index (κ3) is 18.0. The number of halogens is 2. The van der Waals surface area contributed by atoms with Crippen LogP contribution in [0.5, 0.6) is 0 Å². The Kier molecular flexibility index (Phi) is 21.2. The van der Waals surface area contributed by atoms with Crippen LogP contribution in [0, 0.1) is 17.0 Å². The highest BCUT2D eigenvalue weighted by molar-refractivity contribution is 5.97. The van der Waals surface area contributed by atoms with E-state index in [9.17, 15) is 47.1 Å². The molecule has 59 heavy (non-hydrogen) atoms. The number of nitrogens with one attached hydrogen (secondary N) is 9. The van der Waals surface area contributed by atoms with Crippen LogP contribution >= 0.6 is 0 Å². The maximum atomic E-state index is 14.3. The maximum Gasteiger partial charge on any atom is 0.243 e. The first-order valence-corrected chi connectivity index (χ1v) is 19.5. The Hall–Kier alpha value is -5.93. The van der Waals surface area contributed by atoms with Crippen molar-refractivity contribution in [3.05, 3.63) is 35.4 Å². The van der Waals surface area contributed by atoms with Gasteiger partial charge in [-0.1, -0.05) is 25.8 Å². The summed E-state index contributed by atoms with van der Waals surface area (Å²) in [6, 6.07) is -5.28. The topological polar surface area (TPSA) is 335 Å². The molecule has 0 bridgehead atoms. The molecule has 20 nitrogen and oxygen atoms in total. The molecule has 1 aromatic carbocycles. The molecule has 0 spiro atoms. The number of hydrogen-bond donors (Lipinski definition) is 12. The summed E-state index contributed by atoms with van der Waals surface area (Å²) in [5.74, 6) is -9.17. The molecule has 0 saturated carbocycles. The number of rotatable bonds is 16. The molecule has 6 atom stereocenters. The molecule has 0 aliphatic carbocycles. The van der Waals surface area contributed by atoms with Gasteiger partial charge in [0.15, 0.2) is 17.6 Å². The fourth-order valence-corrected chi connectivity index (χ4v) is 6.06. The van der Waals surface area contributed by atoms with Gasteiger partial charge < -0.3 is 59.7 Å². The largest absolute Gasteiger partial charge is 0.370 e. The van der Waals surface area contributed by atoms with E-state index in [0.29, 0.717) is 12.8 Å². The van der Waals surface area contributed by atoms with Crippen molar-refractivity contribution in [1.29, 1.82) is 5.41 Å². The Bertz CT molecular complexity index is 1670. The van der Waals surface area contributed by atoms with Gasteiger partial charge in [-0.05, 0) is 69.2 Å². The summed E-state index contributed by atoms with van der Waals surface area (Å²) in [5, 5.41) is 27.8. The molecule has 22 heteroatoms. The maximum absolute atomic E-state index is 14.3. The van der Waals surface area contributed by atoms with E-state index in [4.69, 9.17) is 22.6 Å². The normalized spacial score (nSPS) is 21.7. The van der Waals surface area contributed by atoms with Crippen molar-refractivity contribution < 1.29 is 47.1 Å². The third-order valence-corrected chi connectivity index (χ3v) is 9.25. The second kappa shape index (κ2) is 25.4. The van der Waals surface area contributed by atoms with Crippen molar-refractivity contribution in [3.63, 3.8) is 0 Å². The highest BCUT2D eigenvalue weighted by atomic mass is 19.2. The number of amides is 8. The Morgan fingerprint density at radius 3 is 2.10 bits per heavy atom. The van der Waals surface area contributed by atoms with Gasteiger partial charge in [0.1, 0.15) is 36.3 Å². The van der Waals surface area contributed by atoms with E-state index in [1.807, 2.05) is 6.92 Å². The van der Waals surface area contributed by atoms with Crippen LogP contribution in [0.25, 0.3) is 0 Å². The van der Waals surface area contributed by atoms with Crippen molar-refractivity contribution in [1.82, 2.24) is 42.5 Å². The first-order chi connectivity index (χ1) is 27.9. The smallest absolute Gasteiger partial charge is 0.243 e. The number of carbonyl (C=O) groups is 8. The number of nitrogens with two attached hydrogens (primary N) is 3. The summed E-state index contributed by atoms with van der Waals surface area (Å²) in [6.45, 7) is 3.12. The Morgan fingerprint density at radius 2 is 1.49 bits per heavy atom. The molecule has 1 heterocycles. The summed E-state index contributed by atoms with van der Waals surface area (Å²) in [6.07, 6.45) is 0.456. The van der Waals surface area contributed by atoms with Gasteiger partial charge >= 0.3 is 0 Å². The minimum atomic E-state index is -1.57. The molecule has 0 radical (unpaired) electrons. The first kappa shape index (κ1) is 49.2. The average Bonchev–Trinajstić information content (AvgIpc) is 3.17. The lowest BCUT2D eigenvalue weighted by atomic mass is 10.0. The molecule has 328 valence electrons. The highest BCUT2D eigenvalue weighted by Gasteiger charge is 2.34. The zero-order valence-electron chi connectivity index (χ0n) is 33.3. The van der Waals surface area contributed by atoms with E-state index in [0.717, 1.165) is 12.1 Å². The minimum Gasteiger partial charge on any atom is -0.370 e. The third-order valence-electron chi connectivity index (χ3n) is 9.25. The average molecular weight is 837 g/mol. The van der Waals surface area contributed by atoms with Gasteiger partial charge in [-0.25, -0.2) is 8.78 Å². The van der Waals surface area contributed by atoms with Gasteiger partial charge in [0.2, 0.25) is 47.3 Å². The second-order valence-electron chi connectivity index (χ2n) is 14.1. The summed E-state index contributed by atoms with van der Waals surface area (Å²) in [5.41, 5.74) is 16.7. The molecule has 1 saturated heterocycles. The van der Waals surface area contributed by atoms with E-state index < -0.39 is 102 Å².